The molecule has 0 saturated carbocycles. The first-order valence-corrected chi connectivity index (χ1v) is 8.84. The highest BCUT2D eigenvalue weighted by molar-refractivity contribution is 8.71. The molecule has 2 saturated heterocycles. The molecule has 0 aliphatic carbocycles. The van der Waals surface area contributed by atoms with Crippen molar-refractivity contribution in [2.75, 3.05) is 12.0 Å². The Morgan fingerprint density at radius 3 is 2.18 bits per heavy atom. The molecule has 2 heterocycles. The molecular weight excluding hydrogens is 262 g/mol. The van der Waals surface area contributed by atoms with Crippen molar-refractivity contribution in [3.05, 3.63) is 0 Å². The fourth-order valence-electron chi connectivity index (χ4n) is 2.84. The molecule has 0 bridgehead atoms. The first-order chi connectivity index (χ1) is 7.45. The van der Waals surface area contributed by atoms with Crippen molar-refractivity contribution in [3.63, 3.8) is 0 Å². The second-order valence-corrected chi connectivity index (χ2v) is 10.3. The molecule has 5 nitrogen and oxygen atoms in total. The highest BCUT2D eigenvalue weighted by Crippen LogP contribution is 2.62. The zero-order valence-electron chi connectivity index (χ0n) is 10.7. The van der Waals surface area contributed by atoms with Gasteiger partial charge in [-0.15, -0.1) is 10.3 Å². The van der Waals surface area contributed by atoms with E-state index >= 15 is 0 Å². The molecule has 2 fully saturated rings. The lowest BCUT2D eigenvalue weighted by atomic mass is 9.88. The van der Waals surface area contributed by atoms with E-state index in [2.05, 4.69) is 0 Å². The molecule has 0 amide bonds. The largest absolute Gasteiger partial charge is 0.361 e. The van der Waals surface area contributed by atoms with Crippen molar-refractivity contribution in [2.45, 2.75) is 50.5 Å². The van der Waals surface area contributed by atoms with Crippen LogP contribution >= 0.6 is 10.8 Å². The number of morpholine rings is 1. The average Bonchev–Trinajstić information content (AvgIpc) is 2.86. The van der Waals surface area contributed by atoms with Crippen molar-refractivity contribution >= 4 is 19.7 Å². The van der Waals surface area contributed by atoms with Gasteiger partial charge in [0, 0.05) is 12.0 Å². The molecule has 7 heteroatoms. The Morgan fingerprint density at radius 1 is 1.29 bits per heavy atom. The third kappa shape index (κ3) is 1.74. The third-order valence-electron chi connectivity index (χ3n) is 3.89. The van der Waals surface area contributed by atoms with Crippen LogP contribution in [-0.4, -0.2) is 48.3 Å². The summed E-state index contributed by atoms with van der Waals surface area (Å²) in [4.78, 5) is 0. The van der Waals surface area contributed by atoms with Gasteiger partial charge < -0.3 is 4.74 Å². The van der Waals surface area contributed by atoms with Gasteiger partial charge in [0.25, 0.3) is 0 Å². The molecule has 2 rings (SSSR count). The van der Waals surface area contributed by atoms with Gasteiger partial charge in [0.15, 0.2) is 8.87 Å². The van der Waals surface area contributed by atoms with Crippen LogP contribution in [0.25, 0.3) is 0 Å². The predicted molar refractivity (Wildman–Crippen MR) is 65.6 cm³/mol. The summed E-state index contributed by atoms with van der Waals surface area (Å²) in [6.45, 7) is 7.31. The van der Waals surface area contributed by atoms with E-state index in [0.717, 1.165) is 15.9 Å². The number of fused-ring (bicyclic) bond motifs is 1. The number of epoxide rings is 1. The molecule has 0 aromatic heterocycles. The molecule has 2 aliphatic rings. The van der Waals surface area contributed by atoms with Crippen LogP contribution in [0, 0.1) is 0 Å². The van der Waals surface area contributed by atoms with E-state index in [0.29, 0.717) is 5.75 Å². The minimum Gasteiger partial charge on any atom is -0.361 e. The van der Waals surface area contributed by atoms with E-state index in [1.54, 1.807) is 0 Å². The number of hydroxylamine groups is 2. The van der Waals surface area contributed by atoms with Gasteiger partial charge in [-0.3, -0.25) is 0 Å². The summed E-state index contributed by atoms with van der Waals surface area (Å²) >= 11 is 0. The molecule has 0 spiro atoms. The van der Waals surface area contributed by atoms with Crippen molar-refractivity contribution in [3.8, 4) is 0 Å². The third-order valence-corrected chi connectivity index (χ3v) is 6.50. The number of ether oxygens (including phenoxy) is 1. The summed E-state index contributed by atoms with van der Waals surface area (Å²) in [7, 11) is -2.25. The van der Waals surface area contributed by atoms with Gasteiger partial charge >= 0.3 is 0 Å². The maximum absolute atomic E-state index is 12.2. The average molecular weight is 280 g/mol. The summed E-state index contributed by atoms with van der Waals surface area (Å²) in [5.74, 6) is 0.311. The predicted octanol–water partition coefficient (Wildman–Crippen LogP) is 1.04. The van der Waals surface area contributed by atoms with Gasteiger partial charge in [0.2, 0.25) is 0 Å². The molecule has 2 aliphatic heterocycles. The molecule has 0 aromatic rings. The van der Waals surface area contributed by atoms with Gasteiger partial charge in [-0.25, -0.2) is 8.42 Å². The standard InChI is InChI=1S/C10H18NO4S2/c1-8(2)7-10(15-7,6-16-17(5,13)14)9(3,4)11(8)12/h7H,6H2,1-5H3. The molecule has 99 valence electrons. The zero-order valence-corrected chi connectivity index (χ0v) is 12.3. The molecule has 0 N–H and O–H groups in total. The van der Waals surface area contributed by atoms with Crippen molar-refractivity contribution < 1.29 is 18.4 Å². The van der Waals surface area contributed by atoms with Gasteiger partial charge in [-0.1, -0.05) is 0 Å². The minimum atomic E-state index is -3.11. The van der Waals surface area contributed by atoms with E-state index in [1.165, 1.54) is 6.26 Å². The van der Waals surface area contributed by atoms with E-state index in [1.807, 2.05) is 27.7 Å². The quantitative estimate of drug-likeness (QED) is 0.570. The lowest BCUT2D eigenvalue weighted by molar-refractivity contribution is -0.275. The summed E-state index contributed by atoms with van der Waals surface area (Å²) in [6.07, 6.45) is 0.991. The summed E-state index contributed by atoms with van der Waals surface area (Å²) in [5, 5.41) is 13.2. The van der Waals surface area contributed by atoms with E-state index in [4.69, 9.17) is 4.74 Å². The Labute approximate surface area is 106 Å². The molecule has 0 aromatic carbocycles. The zero-order chi connectivity index (χ0) is 13.3. The maximum Gasteiger partial charge on any atom is 0.198 e. The Balaban J connectivity index is 2.24. The van der Waals surface area contributed by atoms with Crippen molar-refractivity contribution in [1.82, 2.24) is 5.06 Å². The molecule has 1 radical (unpaired) electrons. The van der Waals surface area contributed by atoms with E-state index in [-0.39, 0.29) is 6.10 Å². The highest BCUT2D eigenvalue weighted by atomic mass is 33.1. The van der Waals surface area contributed by atoms with E-state index in [9.17, 15) is 13.6 Å². The van der Waals surface area contributed by atoms with Crippen LogP contribution < -0.4 is 0 Å². The Kier molecular flexibility index (Phi) is 2.71. The SMILES string of the molecule is CC1(C)C2OC2(CSS(C)(=O)=O)C(C)(C)N1[O]. The molecular formula is C10H18NO4S2. The Bertz CT molecular complexity index is 445. The second-order valence-electron chi connectivity index (χ2n) is 5.86. The number of nitrogens with zero attached hydrogens (tertiary/aromatic N) is 1. The summed E-state index contributed by atoms with van der Waals surface area (Å²) in [5.41, 5.74) is -1.92. The number of hydrogen-bond donors (Lipinski definition) is 0. The van der Waals surface area contributed by atoms with Gasteiger partial charge in [-0.05, 0) is 38.5 Å². The summed E-state index contributed by atoms with van der Waals surface area (Å²) in [6, 6.07) is 0. The Hall–Kier alpha value is 0.180. The van der Waals surface area contributed by atoms with Crippen LogP contribution in [0.5, 0.6) is 0 Å². The maximum atomic E-state index is 12.2. The lowest BCUT2D eigenvalue weighted by Crippen LogP contribution is -2.53. The first-order valence-electron chi connectivity index (χ1n) is 5.45. The molecule has 17 heavy (non-hydrogen) atoms. The van der Waals surface area contributed by atoms with E-state index < -0.39 is 25.5 Å². The van der Waals surface area contributed by atoms with Crippen LogP contribution in [0.1, 0.15) is 27.7 Å². The van der Waals surface area contributed by atoms with Gasteiger partial charge in [0.1, 0.15) is 11.7 Å². The van der Waals surface area contributed by atoms with Crippen LogP contribution in [0.4, 0.5) is 0 Å². The monoisotopic (exact) mass is 280 g/mol. The van der Waals surface area contributed by atoms with Crippen LogP contribution in [-0.2, 0) is 18.8 Å². The van der Waals surface area contributed by atoms with Crippen molar-refractivity contribution in [1.29, 1.82) is 0 Å². The van der Waals surface area contributed by atoms with Crippen LogP contribution in [0.15, 0.2) is 0 Å². The highest BCUT2D eigenvalue weighted by Gasteiger charge is 2.80. The first kappa shape index (κ1) is 13.6. The van der Waals surface area contributed by atoms with Gasteiger partial charge in [0.05, 0.1) is 11.1 Å². The summed E-state index contributed by atoms with van der Waals surface area (Å²) < 4.78 is 28.1. The lowest BCUT2D eigenvalue weighted by Gasteiger charge is -2.37. The van der Waals surface area contributed by atoms with Gasteiger partial charge in [-0.2, -0.15) is 0 Å². The van der Waals surface area contributed by atoms with Crippen LogP contribution in [0.3, 0.4) is 0 Å². The Morgan fingerprint density at radius 2 is 1.82 bits per heavy atom. The topological polar surface area (TPSA) is 69.8 Å². The second kappa shape index (κ2) is 3.39. The molecule has 2 atom stereocenters. The van der Waals surface area contributed by atoms with Crippen molar-refractivity contribution in [2.24, 2.45) is 0 Å². The minimum absolute atomic E-state index is 0.184. The molecule has 2 unspecified atom stereocenters. The fourth-order valence-corrected chi connectivity index (χ4v) is 4.97. The number of hydrogen-bond acceptors (Lipinski definition) is 5. The van der Waals surface area contributed by atoms with Crippen LogP contribution in [0.2, 0.25) is 0 Å². The number of rotatable bonds is 3. The fraction of sp³-hybridized carbons (Fsp3) is 1.00. The smallest absolute Gasteiger partial charge is 0.198 e. The normalized spacial score (nSPS) is 39.1.